The number of rotatable bonds is 9. The lowest BCUT2D eigenvalue weighted by molar-refractivity contribution is -0.384. The van der Waals surface area contributed by atoms with Gasteiger partial charge in [0.15, 0.2) is 0 Å². The number of aliphatic hydroxyl groups is 1. The number of amides is 1. The number of nitrogens with one attached hydrogen (secondary N) is 2. The lowest BCUT2D eigenvalue weighted by Crippen LogP contribution is -2.44. The predicted octanol–water partition coefficient (Wildman–Crippen LogP) is 1.37. The second-order valence-corrected chi connectivity index (χ2v) is 5.59. The zero-order valence-electron chi connectivity index (χ0n) is 14.3. The zero-order chi connectivity index (χ0) is 18.9. The summed E-state index contributed by atoms with van der Waals surface area (Å²) in [6.45, 7) is 0.358. The van der Waals surface area contributed by atoms with Crippen molar-refractivity contribution in [3.05, 3.63) is 69.8 Å². The molecule has 0 fully saturated rings. The molecule has 8 heteroatoms. The monoisotopic (exact) mass is 359 g/mol. The molecular weight excluding hydrogens is 338 g/mol. The van der Waals surface area contributed by atoms with Gasteiger partial charge in [-0.1, -0.05) is 24.3 Å². The first-order chi connectivity index (χ1) is 12.5. The van der Waals surface area contributed by atoms with E-state index in [1.807, 2.05) is 12.1 Å². The normalized spacial score (nSPS) is 11.6. The van der Waals surface area contributed by atoms with Gasteiger partial charge in [-0.3, -0.25) is 20.2 Å². The fourth-order valence-electron chi connectivity index (χ4n) is 2.29. The van der Waals surface area contributed by atoms with Gasteiger partial charge >= 0.3 is 0 Å². The number of ether oxygens (including phenoxy) is 1. The van der Waals surface area contributed by atoms with E-state index in [4.69, 9.17) is 4.74 Å². The molecule has 1 atom stereocenters. The maximum Gasteiger partial charge on any atom is 0.269 e. The molecule has 0 aliphatic rings. The SMILES string of the molecule is CNC(=O)[C@H](CO)NCc1ccc(OCc2cccc([N+](=O)[O-])c2)cc1. The van der Waals surface area contributed by atoms with Crippen molar-refractivity contribution in [2.24, 2.45) is 0 Å². The Labute approximate surface area is 151 Å². The number of aliphatic hydroxyl groups excluding tert-OH is 1. The number of non-ortho nitro benzene ring substituents is 1. The standard InChI is InChI=1S/C18H21N3O5/c1-19-18(23)17(11-22)20-10-13-5-7-16(8-6-13)26-12-14-3-2-4-15(9-14)21(24)25/h2-9,17,20,22H,10-12H2,1H3,(H,19,23)/t17-/m0/s1. The second kappa shape index (κ2) is 9.50. The van der Waals surface area contributed by atoms with Gasteiger partial charge in [0, 0.05) is 25.7 Å². The Bertz CT molecular complexity index is 749. The van der Waals surface area contributed by atoms with Crippen LogP contribution in [-0.4, -0.2) is 35.6 Å². The lowest BCUT2D eigenvalue weighted by atomic mass is 10.2. The average Bonchev–Trinajstić information content (AvgIpc) is 2.67. The molecule has 3 N–H and O–H groups in total. The Hall–Kier alpha value is -2.97. The molecular formula is C18H21N3O5. The molecule has 0 aliphatic heterocycles. The smallest absolute Gasteiger partial charge is 0.269 e. The minimum atomic E-state index is -0.662. The highest BCUT2D eigenvalue weighted by atomic mass is 16.6. The van der Waals surface area contributed by atoms with Crippen LogP contribution in [0.1, 0.15) is 11.1 Å². The Balaban J connectivity index is 1.88. The fourth-order valence-corrected chi connectivity index (χ4v) is 2.29. The summed E-state index contributed by atoms with van der Waals surface area (Å²) < 4.78 is 5.64. The van der Waals surface area contributed by atoms with Crippen LogP contribution in [0.2, 0.25) is 0 Å². The number of nitro benzene ring substituents is 1. The molecule has 0 radical (unpaired) electrons. The van der Waals surface area contributed by atoms with Crippen molar-refractivity contribution < 1.29 is 19.6 Å². The lowest BCUT2D eigenvalue weighted by Gasteiger charge is -2.14. The Kier molecular flexibility index (Phi) is 7.07. The predicted molar refractivity (Wildman–Crippen MR) is 95.7 cm³/mol. The number of hydrogen-bond donors (Lipinski definition) is 3. The number of benzene rings is 2. The summed E-state index contributed by atoms with van der Waals surface area (Å²) >= 11 is 0. The van der Waals surface area contributed by atoms with Crippen LogP contribution in [0.5, 0.6) is 5.75 Å². The van der Waals surface area contributed by atoms with E-state index in [2.05, 4.69) is 10.6 Å². The third-order valence-electron chi connectivity index (χ3n) is 3.75. The van der Waals surface area contributed by atoms with Crippen molar-refractivity contribution in [3.8, 4) is 5.75 Å². The van der Waals surface area contributed by atoms with Crippen LogP contribution in [0.3, 0.4) is 0 Å². The number of likely N-dealkylation sites (N-methyl/N-ethyl adjacent to an activating group) is 1. The summed E-state index contributed by atoms with van der Waals surface area (Å²) in [6.07, 6.45) is 0. The quantitative estimate of drug-likeness (QED) is 0.460. The van der Waals surface area contributed by atoms with E-state index in [0.717, 1.165) is 5.56 Å². The van der Waals surface area contributed by atoms with Crippen LogP contribution in [-0.2, 0) is 17.9 Å². The number of nitro groups is 1. The molecule has 0 aromatic heterocycles. The first-order valence-corrected chi connectivity index (χ1v) is 8.04. The molecule has 26 heavy (non-hydrogen) atoms. The van der Waals surface area contributed by atoms with Gasteiger partial charge in [-0.05, 0) is 23.3 Å². The minimum absolute atomic E-state index is 0.0297. The Morgan fingerprint density at radius 1 is 1.23 bits per heavy atom. The van der Waals surface area contributed by atoms with Gasteiger partial charge in [0.05, 0.1) is 11.5 Å². The van der Waals surface area contributed by atoms with E-state index in [-0.39, 0.29) is 24.8 Å². The molecule has 0 aliphatic carbocycles. The van der Waals surface area contributed by atoms with Crippen molar-refractivity contribution >= 4 is 11.6 Å². The summed E-state index contributed by atoms with van der Waals surface area (Å²) in [5.74, 6) is 0.356. The molecule has 0 saturated heterocycles. The highest BCUT2D eigenvalue weighted by molar-refractivity contribution is 5.81. The highest BCUT2D eigenvalue weighted by Crippen LogP contribution is 2.17. The fraction of sp³-hybridized carbons (Fsp3) is 0.278. The highest BCUT2D eigenvalue weighted by Gasteiger charge is 2.14. The van der Waals surface area contributed by atoms with Crippen molar-refractivity contribution in [2.45, 2.75) is 19.2 Å². The van der Waals surface area contributed by atoms with Crippen LogP contribution < -0.4 is 15.4 Å². The van der Waals surface area contributed by atoms with Crippen LogP contribution in [0.25, 0.3) is 0 Å². The summed E-state index contributed by atoms with van der Waals surface area (Å²) in [7, 11) is 1.51. The molecule has 2 rings (SSSR count). The van der Waals surface area contributed by atoms with Crippen LogP contribution in [0.4, 0.5) is 5.69 Å². The average molecular weight is 359 g/mol. The first-order valence-electron chi connectivity index (χ1n) is 8.04. The second-order valence-electron chi connectivity index (χ2n) is 5.59. The van der Waals surface area contributed by atoms with Crippen molar-refractivity contribution in [2.75, 3.05) is 13.7 Å². The van der Waals surface area contributed by atoms with Crippen molar-refractivity contribution in [3.63, 3.8) is 0 Å². The van der Waals surface area contributed by atoms with Crippen LogP contribution in [0, 0.1) is 10.1 Å². The van der Waals surface area contributed by atoms with E-state index < -0.39 is 11.0 Å². The number of hydrogen-bond acceptors (Lipinski definition) is 6. The minimum Gasteiger partial charge on any atom is -0.489 e. The van der Waals surface area contributed by atoms with Gasteiger partial charge in [0.25, 0.3) is 5.69 Å². The topological polar surface area (TPSA) is 114 Å². The molecule has 0 spiro atoms. The van der Waals surface area contributed by atoms with E-state index in [9.17, 15) is 20.0 Å². The van der Waals surface area contributed by atoms with Crippen LogP contribution >= 0.6 is 0 Å². The number of carbonyl (C=O) groups excluding carboxylic acids is 1. The molecule has 0 saturated carbocycles. The summed E-state index contributed by atoms with van der Waals surface area (Å²) in [5, 5.41) is 25.4. The Morgan fingerprint density at radius 2 is 1.96 bits per heavy atom. The molecule has 138 valence electrons. The van der Waals surface area contributed by atoms with Gasteiger partial charge < -0.3 is 15.2 Å². The van der Waals surface area contributed by atoms with Gasteiger partial charge in [0.1, 0.15) is 18.4 Å². The van der Waals surface area contributed by atoms with E-state index in [0.29, 0.717) is 17.9 Å². The van der Waals surface area contributed by atoms with E-state index >= 15 is 0 Å². The molecule has 0 bridgehead atoms. The molecule has 1 amide bonds. The molecule has 0 unspecified atom stereocenters. The zero-order valence-corrected chi connectivity index (χ0v) is 14.3. The maximum absolute atomic E-state index is 11.5. The van der Waals surface area contributed by atoms with Gasteiger partial charge in [-0.25, -0.2) is 0 Å². The molecule has 2 aromatic carbocycles. The maximum atomic E-state index is 11.5. The third-order valence-corrected chi connectivity index (χ3v) is 3.75. The molecule has 2 aromatic rings. The van der Waals surface area contributed by atoms with Gasteiger partial charge in [-0.15, -0.1) is 0 Å². The largest absolute Gasteiger partial charge is 0.489 e. The molecule has 0 heterocycles. The third kappa shape index (κ3) is 5.54. The summed E-state index contributed by atoms with van der Waals surface area (Å²) in [5.41, 5.74) is 1.67. The van der Waals surface area contributed by atoms with Crippen molar-refractivity contribution in [1.29, 1.82) is 0 Å². The van der Waals surface area contributed by atoms with E-state index in [1.165, 1.54) is 19.2 Å². The first kappa shape index (κ1) is 19.4. The van der Waals surface area contributed by atoms with Crippen molar-refractivity contribution in [1.82, 2.24) is 10.6 Å². The summed E-state index contributed by atoms with van der Waals surface area (Å²) in [4.78, 5) is 21.8. The Morgan fingerprint density at radius 3 is 2.58 bits per heavy atom. The van der Waals surface area contributed by atoms with Crippen LogP contribution in [0.15, 0.2) is 48.5 Å². The number of nitrogens with zero attached hydrogens (tertiary/aromatic N) is 1. The van der Waals surface area contributed by atoms with Gasteiger partial charge in [0.2, 0.25) is 5.91 Å². The number of carbonyl (C=O) groups is 1. The van der Waals surface area contributed by atoms with E-state index in [1.54, 1.807) is 24.3 Å². The summed E-state index contributed by atoms with van der Waals surface area (Å²) in [6, 6.07) is 12.9. The van der Waals surface area contributed by atoms with Gasteiger partial charge in [-0.2, -0.15) is 0 Å². The molecule has 8 nitrogen and oxygen atoms in total.